The molecule has 6 heteroatoms. The monoisotopic (exact) mass is 212 g/mol. The number of hydrogen-bond acceptors (Lipinski definition) is 4. The number of primary amides is 1. The van der Waals surface area contributed by atoms with Gasteiger partial charge in [0.15, 0.2) is 5.69 Å². The van der Waals surface area contributed by atoms with Gasteiger partial charge in [-0.2, -0.15) is 0 Å². The minimum Gasteiger partial charge on any atom is -0.384 e. The van der Waals surface area contributed by atoms with Gasteiger partial charge in [0.2, 0.25) is 0 Å². The average molecular weight is 212 g/mol. The molecule has 1 aromatic heterocycles. The molecule has 0 aliphatic rings. The van der Waals surface area contributed by atoms with E-state index in [1.807, 2.05) is 6.92 Å². The van der Waals surface area contributed by atoms with Crippen LogP contribution in [0.25, 0.3) is 0 Å². The maximum atomic E-state index is 11.1. The molecule has 2 N–H and O–H groups in total. The molecule has 0 bridgehead atoms. The van der Waals surface area contributed by atoms with Crippen molar-refractivity contribution in [3.05, 3.63) is 11.4 Å². The largest absolute Gasteiger partial charge is 0.384 e. The van der Waals surface area contributed by atoms with Crippen molar-refractivity contribution < 1.29 is 9.53 Å². The summed E-state index contributed by atoms with van der Waals surface area (Å²) in [6, 6.07) is 0. The Kier molecular flexibility index (Phi) is 4.23. The fourth-order valence-electron chi connectivity index (χ4n) is 1.36. The van der Waals surface area contributed by atoms with Crippen LogP contribution in [0.3, 0.4) is 0 Å². The summed E-state index contributed by atoms with van der Waals surface area (Å²) in [6.07, 6.45) is 1.53. The number of methoxy groups -OCH3 is 1. The van der Waals surface area contributed by atoms with Crippen LogP contribution in [0.5, 0.6) is 0 Å². The first-order chi connectivity index (χ1) is 7.20. The molecule has 84 valence electrons. The van der Waals surface area contributed by atoms with Gasteiger partial charge in [-0.15, -0.1) is 5.10 Å². The number of hydrogen-bond donors (Lipinski definition) is 1. The van der Waals surface area contributed by atoms with Crippen molar-refractivity contribution in [2.24, 2.45) is 5.73 Å². The first kappa shape index (κ1) is 11.6. The molecule has 1 rings (SSSR count). The molecule has 0 saturated heterocycles. The van der Waals surface area contributed by atoms with E-state index in [9.17, 15) is 4.79 Å². The summed E-state index contributed by atoms with van der Waals surface area (Å²) < 4.78 is 6.67. The molecule has 0 aliphatic heterocycles. The van der Waals surface area contributed by atoms with Crippen molar-refractivity contribution in [2.75, 3.05) is 13.7 Å². The molecule has 15 heavy (non-hydrogen) atoms. The summed E-state index contributed by atoms with van der Waals surface area (Å²) in [4.78, 5) is 11.1. The van der Waals surface area contributed by atoms with Crippen molar-refractivity contribution in [2.45, 2.75) is 26.3 Å². The van der Waals surface area contributed by atoms with Gasteiger partial charge >= 0.3 is 0 Å². The Morgan fingerprint density at radius 3 is 2.87 bits per heavy atom. The van der Waals surface area contributed by atoms with E-state index in [-0.39, 0.29) is 5.69 Å². The molecule has 0 atom stereocenters. The molecular weight excluding hydrogens is 196 g/mol. The second-order valence-electron chi connectivity index (χ2n) is 3.21. The van der Waals surface area contributed by atoms with E-state index in [0.29, 0.717) is 13.0 Å². The third-order valence-corrected chi connectivity index (χ3v) is 2.05. The average Bonchev–Trinajstić information content (AvgIpc) is 2.59. The number of nitrogens with zero attached hydrogens (tertiary/aromatic N) is 3. The molecule has 0 fully saturated rings. The van der Waals surface area contributed by atoms with E-state index in [0.717, 1.165) is 18.7 Å². The number of aryl methyl sites for hydroxylation is 1. The zero-order valence-corrected chi connectivity index (χ0v) is 9.06. The summed E-state index contributed by atoms with van der Waals surface area (Å²) in [5, 5.41) is 7.66. The minimum atomic E-state index is -0.538. The van der Waals surface area contributed by atoms with Gasteiger partial charge in [-0.3, -0.25) is 4.79 Å². The van der Waals surface area contributed by atoms with Gasteiger partial charge in [0, 0.05) is 20.1 Å². The number of ether oxygens (including phenoxy) is 1. The molecule has 1 aromatic rings. The molecule has 0 radical (unpaired) electrons. The van der Waals surface area contributed by atoms with E-state index in [2.05, 4.69) is 10.3 Å². The van der Waals surface area contributed by atoms with Crippen LogP contribution in [-0.2, 0) is 17.7 Å². The molecule has 0 aliphatic carbocycles. The predicted octanol–water partition coefficient (Wildman–Crippen LogP) is -0.0241. The van der Waals surface area contributed by atoms with Crippen LogP contribution >= 0.6 is 0 Å². The molecule has 0 aromatic carbocycles. The van der Waals surface area contributed by atoms with Crippen molar-refractivity contribution in [1.82, 2.24) is 15.0 Å². The van der Waals surface area contributed by atoms with E-state index in [1.54, 1.807) is 11.8 Å². The molecule has 1 heterocycles. The van der Waals surface area contributed by atoms with Crippen LogP contribution in [0.15, 0.2) is 0 Å². The Hall–Kier alpha value is -1.43. The van der Waals surface area contributed by atoms with Crippen molar-refractivity contribution in [3.8, 4) is 0 Å². The maximum Gasteiger partial charge on any atom is 0.271 e. The highest BCUT2D eigenvalue weighted by molar-refractivity contribution is 5.91. The third kappa shape index (κ3) is 2.76. The Morgan fingerprint density at radius 1 is 1.60 bits per heavy atom. The van der Waals surface area contributed by atoms with Gasteiger partial charge in [-0.05, 0) is 6.42 Å². The first-order valence-electron chi connectivity index (χ1n) is 4.91. The lowest BCUT2D eigenvalue weighted by Gasteiger charge is -2.04. The zero-order valence-electron chi connectivity index (χ0n) is 9.06. The summed E-state index contributed by atoms with van der Waals surface area (Å²) in [7, 11) is 1.61. The van der Waals surface area contributed by atoms with E-state index >= 15 is 0 Å². The van der Waals surface area contributed by atoms with Crippen LogP contribution < -0.4 is 5.73 Å². The highest BCUT2D eigenvalue weighted by Gasteiger charge is 2.16. The molecule has 0 saturated carbocycles. The third-order valence-electron chi connectivity index (χ3n) is 2.05. The van der Waals surface area contributed by atoms with Crippen LogP contribution in [0.2, 0.25) is 0 Å². The molecule has 0 unspecified atom stereocenters. The van der Waals surface area contributed by atoms with E-state index in [1.165, 1.54) is 0 Å². The lowest BCUT2D eigenvalue weighted by molar-refractivity contribution is 0.0994. The Labute approximate surface area is 88.4 Å². The fraction of sp³-hybridized carbons (Fsp3) is 0.667. The van der Waals surface area contributed by atoms with Gasteiger partial charge in [-0.25, -0.2) is 4.68 Å². The van der Waals surface area contributed by atoms with Gasteiger partial charge in [0.1, 0.15) is 0 Å². The van der Waals surface area contributed by atoms with Gasteiger partial charge < -0.3 is 10.5 Å². The van der Waals surface area contributed by atoms with Crippen molar-refractivity contribution in [1.29, 1.82) is 0 Å². The van der Waals surface area contributed by atoms with E-state index in [4.69, 9.17) is 10.5 Å². The predicted molar refractivity (Wildman–Crippen MR) is 54.4 cm³/mol. The summed E-state index contributed by atoms with van der Waals surface area (Å²) in [5.74, 6) is -0.538. The zero-order chi connectivity index (χ0) is 11.3. The summed E-state index contributed by atoms with van der Waals surface area (Å²) in [5.41, 5.74) is 6.21. The highest BCUT2D eigenvalue weighted by Crippen LogP contribution is 2.06. The molecule has 0 spiro atoms. The van der Waals surface area contributed by atoms with Crippen LogP contribution in [-0.4, -0.2) is 34.6 Å². The highest BCUT2D eigenvalue weighted by atomic mass is 16.5. The number of amides is 1. The fourth-order valence-corrected chi connectivity index (χ4v) is 1.36. The van der Waals surface area contributed by atoms with Gasteiger partial charge in [0.05, 0.1) is 12.3 Å². The molecule has 6 nitrogen and oxygen atoms in total. The summed E-state index contributed by atoms with van der Waals surface area (Å²) >= 11 is 0. The lowest BCUT2D eigenvalue weighted by atomic mass is 10.2. The second kappa shape index (κ2) is 5.45. The molecular formula is C9H16N4O2. The number of carbonyl (C=O) groups excluding carboxylic acids is 1. The standard InChI is InChI=1S/C9H16N4O2/c1-3-5-13-7(4-6-15-2)8(9(10)14)11-12-13/h3-6H2,1-2H3,(H2,10,14). The molecule has 1 amide bonds. The van der Waals surface area contributed by atoms with Gasteiger partial charge in [-0.1, -0.05) is 12.1 Å². The smallest absolute Gasteiger partial charge is 0.271 e. The number of rotatable bonds is 6. The Morgan fingerprint density at radius 2 is 2.33 bits per heavy atom. The Balaban J connectivity index is 2.91. The Bertz CT molecular complexity index is 335. The van der Waals surface area contributed by atoms with Gasteiger partial charge in [0.25, 0.3) is 5.91 Å². The van der Waals surface area contributed by atoms with Crippen LogP contribution in [0, 0.1) is 0 Å². The van der Waals surface area contributed by atoms with Crippen molar-refractivity contribution >= 4 is 5.91 Å². The van der Waals surface area contributed by atoms with Crippen LogP contribution in [0.4, 0.5) is 0 Å². The number of aromatic nitrogens is 3. The SMILES string of the molecule is CCCn1nnc(C(N)=O)c1CCOC. The van der Waals surface area contributed by atoms with E-state index < -0.39 is 5.91 Å². The summed E-state index contributed by atoms with van der Waals surface area (Å²) in [6.45, 7) is 3.29. The quantitative estimate of drug-likeness (QED) is 0.718. The first-order valence-corrected chi connectivity index (χ1v) is 4.91. The normalized spacial score (nSPS) is 10.5. The minimum absolute atomic E-state index is 0.250. The maximum absolute atomic E-state index is 11.1. The number of nitrogens with two attached hydrogens (primary N) is 1. The van der Waals surface area contributed by atoms with Crippen LogP contribution in [0.1, 0.15) is 29.5 Å². The van der Waals surface area contributed by atoms with Crippen molar-refractivity contribution in [3.63, 3.8) is 0 Å². The topological polar surface area (TPSA) is 83.0 Å². The lowest BCUT2D eigenvalue weighted by Crippen LogP contribution is -2.16. The number of carbonyl (C=O) groups is 1. The second-order valence-corrected chi connectivity index (χ2v) is 3.21.